The zero-order valence-corrected chi connectivity index (χ0v) is 19.8. The van der Waals surface area contributed by atoms with Crippen molar-refractivity contribution in [1.82, 2.24) is 4.90 Å². The van der Waals surface area contributed by atoms with Crippen LogP contribution in [0.25, 0.3) is 0 Å². The number of esters is 2. The lowest BCUT2D eigenvalue weighted by Crippen LogP contribution is -2.47. The zero-order valence-electron chi connectivity index (χ0n) is 19.8. The fraction of sp³-hybridized carbons (Fsp3) is 0.609. The molecule has 0 aromatic heterocycles. The number of hydrogen-bond acceptors (Lipinski definition) is 7. The Bertz CT molecular complexity index is 831. The smallest absolute Gasteiger partial charge is 0.413 e. The summed E-state index contributed by atoms with van der Waals surface area (Å²) in [6.45, 7) is 14.0. The van der Waals surface area contributed by atoms with Gasteiger partial charge in [-0.05, 0) is 73.1 Å². The number of hydrogen-bond donors (Lipinski definition) is 0. The Morgan fingerprint density at radius 2 is 1.45 bits per heavy atom. The lowest BCUT2D eigenvalue weighted by Gasteiger charge is -2.35. The number of carbonyl (C=O) groups excluding carboxylic acids is 3. The molecular weight excluding hydrogens is 402 g/mol. The van der Waals surface area contributed by atoms with Crippen LogP contribution in [-0.2, 0) is 23.7 Å². The maximum Gasteiger partial charge on any atom is 0.413 e. The predicted molar refractivity (Wildman–Crippen MR) is 113 cm³/mol. The second-order valence-electron chi connectivity index (χ2n) is 9.93. The minimum Gasteiger partial charge on any atom is -0.467 e. The molecule has 31 heavy (non-hydrogen) atoms. The number of nitrogens with zero attached hydrogens (tertiary/aromatic N) is 1. The van der Waals surface area contributed by atoms with Crippen molar-refractivity contribution in [2.45, 2.75) is 84.5 Å². The largest absolute Gasteiger partial charge is 0.467 e. The first-order chi connectivity index (χ1) is 14.1. The van der Waals surface area contributed by atoms with Gasteiger partial charge in [-0.25, -0.2) is 14.4 Å². The van der Waals surface area contributed by atoms with Gasteiger partial charge in [0.05, 0.1) is 12.7 Å². The van der Waals surface area contributed by atoms with E-state index in [1.165, 1.54) is 12.0 Å². The molecule has 0 unspecified atom stereocenters. The molecule has 1 amide bonds. The van der Waals surface area contributed by atoms with Crippen LogP contribution in [0.3, 0.4) is 0 Å². The number of amides is 1. The van der Waals surface area contributed by atoms with E-state index in [2.05, 4.69) is 0 Å². The van der Waals surface area contributed by atoms with Crippen molar-refractivity contribution in [2.24, 2.45) is 0 Å². The van der Waals surface area contributed by atoms with E-state index in [1.807, 2.05) is 0 Å². The molecule has 1 aliphatic heterocycles. The van der Waals surface area contributed by atoms with Crippen molar-refractivity contribution in [2.75, 3.05) is 7.11 Å². The van der Waals surface area contributed by atoms with Crippen LogP contribution < -0.4 is 0 Å². The van der Waals surface area contributed by atoms with Crippen molar-refractivity contribution >= 4 is 18.0 Å². The molecule has 1 aromatic rings. The van der Waals surface area contributed by atoms with Gasteiger partial charge in [0, 0.05) is 0 Å². The summed E-state index contributed by atoms with van der Waals surface area (Å²) in [5.41, 5.74) is -1.53. The highest BCUT2D eigenvalue weighted by Crippen LogP contribution is 2.43. The molecule has 0 radical (unpaired) electrons. The highest BCUT2D eigenvalue weighted by molar-refractivity contribution is 5.89. The SMILES string of the molecule is COC(=O)[C@@H]1OC(C)(C)N(C(=O)OC(C)(C)C)[C@H]1c1ccc(C(=O)OC(C)(C)C)cc1. The molecule has 2 atom stereocenters. The summed E-state index contributed by atoms with van der Waals surface area (Å²) in [7, 11) is 1.26. The molecule has 0 aliphatic carbocycles. The Morgan fingerprint density at radius 3 is 1.90 bits per heavy atom. The van der Waals surface area contributed by atoms with Crippen LogP contribution in [0.4, 0.5) is 4.79 Å². The first-order valence-electron chi connectivity index (χ1n) is 10.2. The van der Waals surface area contributed by atoms with Crippen LogP contribution in [0, 0.1) is 0 Å². The van der Waals surface area contributed by atoms with Crippen LogP contribution in [0.1, 0.15) is 77.4 Å². The second kappa shape index (κ2) is 8.49. The Hall–Kier alpha value is -2.61. The lowest BCUT2D eigenvalue weighted by molar-refractivity contribution is -0.158. The van der Waals surface area contributed by atoms with E-state index in [9.17, 15) is 14.4 Å². The maximum absolute atomic E-state index is 13.0. The van der Waals surface area contributed by atoms with E-state index in [4.69, 9.17) is 18.9 Å². The fourth-order valence-electron chi connectivity index (χ4n) is 3.32. The third-order valence-electron chi connectivity index (χ3n) is 4.47. The molecule has 1 heterocycles. The Labute approximate surface area is 183 Å². The monoisotopic (exact) mass is 435 g/mol. The Balaban J connectivity index is 2.45. The average Bonchev–Trinajstić information content (AvgIpc) is 2.89. The van der Waals surface area contributed by atoms with Gasteiger partial charge in [-0.1, -0.05) is 12.1 Å². The number of ether oxygens (including phenoxy) is 4. The van der Waals surface area contributed by atoms with E-state index < -0.39 is 47.1 Å². The van der Waals surface area contributed by atoms with Crippen molar-refractivity contribution in [1.29, 1.82) is 0 Å². The molecule has 0 bridgehead atoms. The topological polar surface area (TPSA) is 91.4 Å². The number of carbonyl (C=O) groups is 3. The number of rotatable bonds is 3. The summed E-state index contributed by atoms with van der Waals surface area (Å²) in [5, 5.41) is 0. The lowest BCUT2D eigenvalue weighted by atomic mass is 9.98. The van der Waals surface area contributed by atoms with Gasteiger partial charge in [-0.2, -0.15) is 0 Å². The molecule has 172 valence electrons. The first kappa shape index (κ1) is 24.7. The van der Waals surface area contributed by atoms with Crippen LogP contribution in [0.5, 0.6) is 0 Å². The van der Waals surface area contributed by atoms with Crippen molar-refractivity contribution in [3.63, 3.8) is 0 Å². The number of methoxy groups -OCH3 is 1. The predicted octanol–water partition coefficient (Wildman–Crippen LogP) is 4.23. The highest BCUT2D eigenvalue weighted by atomic mass is 16.6. The summed E-state index contributed by atoms with van der Waals surface area (Å²) < 4.78 is 21.8. The minimum absolute atomic E-state index is 0.357. The van der Waals surface area contributed by atoms with Gasteiger partial charge >= 0.3 is 18.0 Å². The molecule has 1 aromatic carbocycles. The Kier molecular flexibility index (Phi) is 6.76. The van der Waals surface area contributed by atoms with Gasteiger partial charge in [-0.3, -0.25) is 4.90 Å². The van der Waals surface area contributed by atoms with Gasteiger partial charge < -0.3 is 18.9 Å². The van der Waals surface area contributed by atoms with Gasteiger partial charge in [0.15, 0.2) is 6.10 Å². The van der Waals surface area contributed by atoms with Crippen LogP contribution >= 0.6 is 0 Å². The quantitative estimate of drug-likeness (QED) is 0.518. The molecule has 0 spiro atoms. The van der Waals surface area contributed by atoms with Gasteiger partial charge in [-0.15, -0.1) is 0 Å². The Morgan fingerprint density at radius 1 is 0.935 bits per heavy atom. The van der Waals surface area contributed by atoms with E-state index in [0.717, 1.165) is 0 Å². The van der Waals surface area contributed by atoms with Gasteiger partial charge in [0.25, 0.3) is 0 Å². The van der Waals surface area contributed by atoms with Crippen LogP contribution in [0.15, 0.2) is 24.3 Å². The molecule has 0 saturated carbocycles. The van der Waals surface area contributed by atoms with E-state index >= 15 is 0 Å². The highest BCUT2D eigenvalue weighted by Gasteiger charge is 2.55. The molecule has 1 fully saturated rings. The summed E-state index contributed by atoms with van der Waals surface area (Å²) in [5.74, 6) is -1.07. The van der Waals surface area contributed by atoms with Crippen LogP contribution in [-0.4, -0.2) is 53.1 Å². The van der Waals surface area contributed by atoms with E-state index in [1.54, 1.807) is 79.7 Å². The third-order valence-corrected chi connectivity index (χ3v) is 4.47. The zero-order chi connectivity index (χ0) is 23.8. The van der Waals surface area contributed by atoms with E-state index in [-0.39, 0.29) is 0 Å². The van der Waals surface area contributed by atoms with Gasteiger partial charge in [0.1, 0.15) is 23.0 Å². The molecule has 1 aliphatic rings. The third kappa shape index (κ3) is 5.97. The number of benzene rings is 1. The van der Waals surface area contributed by atoms with Crippen molar-refractivity contribution < 1.29 is 33.3 Å². The molecule has 0 N–H and O–H groups in total. The minimum atomic E-state index is -1.13. The maximum atomic E-state index is 13.0. The molecule has 1 saturated heterocycles. The van der Waals surface area contributed by atoms with E-state index in [0.29, 0.717) is 11.1 Å². The normalized spacial score (nSPS) is 20.9. The summed E-state index contributed by atoms with van der Waals surface area (Å²) in [4.78, 5) is 39.2. The van der Waals surface area contributed by atoms with Gasteiger partial charge in [0.2, 0.25) is 0 Å². The fourth-order valence-corrected chi connectivity index (χ4v) is 3.32. The average molecular weight is 436 g/mol. The van der Waals surface area contributed by atoms with Crippen molar-refractivity contribution in [3.8, 4) is 0 Å². The summed E-state index contributed by atoms with van der Waals surface area (Å²) >= 11 is 0. The summed E-state index contributed by atoms with van der Waals surface area (Å²) in [6.07, 6.45) is -1.68. The molecule has 8 heteroatoms. The molecule has 2 rings (SSSR count). The second-order valence-corrected chi connectivity index (χ2v) is 9.93. The molecule has 8 nitrogen and oxygen atoms in total. The van der Waals surface area contributed by atoms with Crippen molar-refractivity contribution in [3.05, 3.63) is 35.4 Å². The first-order valence-corrected chi connectivity index (χ1v) is 10.2. The standard InChI is InChI=1S/C23H33NO7/c1-21(2,3)30-18(25)15-12-10-14(11-13-15)16-17(19(26)28-9)29-23(7,8)24(16)20(27)31-22(4,5)6/h10-13,16-17H,1-9H3/t16-,17+/m0/s1. The van der Waals surface area contributed by atoms with Crippen LogP contribution in [0.2, 0.25) is 0 Å². The molecular formula is C23H33NO7. The summed E-state index contributed by atoms with van der Waals surface area (Å²) in [6, 6.07) is 5.72.